The summed E-state index contributed by atoms with van der Waals surface area (Å²) in [4.78, 5) is 100. The van der Waals surface area contributed by atoms with Crippen LogP contribution in [0.25, 0.3) is 0 Å². The van der Waals surface area contributed by atoms with Gasteiger partial charge in [0, 0.05) is 62.3 Å². The fraction of sp³-hybridized carbons (Fsp3) is 0.614. The number of likely N-dealkylation sites (N-methyl/N-ethyl adjacent to an activating group) is 1. The molecule has 2 heterocycles. The first-order chi connectivity index (χ1) is 36.1. The number of nitrogens with one attached hydrogen (secondary N) is 5. The van der Waals surface area contributed by atoms with Crippen molar-refractivity contribution in [3.8, 4) is 0 Å². The topological polar surface area (TPSA) is 228 Å². The monoisotopic (exact) mass is 1090 g/mol. The van der Waals surface area contributed by atoms with E-state index >= 15 is 0 Å². The highest BCUT2D eigenvalue weighted by Gasteiger charge is 2.36. The molecule has 5 amide bonds. The standard InChI is InChI=1S/C57H87N8O9PS/c1-12-37(6)51(62-48(67)22-17-14-18-28-64(10)33-42-24-26-43(27-25-42)59-52(68)39(8)58-54(70)50(36(4)5)63-49-23-19-29-75-49)56(71)65(11)46(35(2)3)32-47(74-40(9)66)55-61-45(34-76-55)53(69)60-44(30-38(7)57(72)73)31-41-20-15-13-16-21-41/h13,15-16,20-21,24-27,34-39,44,46-47,49-51,63,75H,12,14,17-19,22-23,28-33H2,1-11H3,(H,58,70)(H,59,68)(H,60,69)(H,62,67)(H,72,73)/t37-,38-,39-,44+,46+,47+,49?,50-,51-/m0/s1. The van der Waals surface area contributed by atoms with E-state index in [-0.39, 0.29) is 72.4 Å². The highest BCUT2D eigenvalue weighted by Crippen LogP contribution is 2.32. The van der Waals surface area contributed by atoms with Gasteiger partial charge >= 0.3 is 11.9 Å². The molecule has 2 aromatic carbocycles. The summed E-state index contributed by atoms with van der Waals surface area (Å²) in [5.74, 6) is -3.35. The average molecular weight is 1090 g/mol. The van der Waals surface area contributed by atoms with Crippen LogP contribution in [0.15, 0.2) is 60.0 Å². The lowest BCUT2D eigenvalue weighted by Crippen LogP contribution is -2.54. The van der Waals surface area contributed by atoms with Crippen molar-refractivity contribution < 1.29 is 43.4 Å². The van der Waals surface area contributed by atoms with Crippen LogP contribution in [0.2, 0.25) is 0 Å². The van der Waals surface area contributed by atoms with Crippen LogP contribution in [0.4, 0.5) is 5.69 Å². The van der Waals surface area contributed by atoms with Crippen LogP contribution in [0, 0.1) is 23.7 Å². The lowest BCUT2D eigenvalue weighted by Gasteiger charge is -2.37. The Kier molecular flexibility index (Phi) is 26.5. The van der Waals surface area contributed by atoms with Gasteiger partial charge in [0.2, 0.25) is 23.6 Å². The Hall–Kier alpha value is -5.29. The number of anilines is 1. The molecule has 0 bridgehead atoms. The number of amides is 5. The molecule has 10 atom stereocenters. The smallest absolute Gasteiger partial charge is 0.306 e. The second-order valence-corrected chi connectivity index (χ2v) is 23.9. The molecule has 1 saturated heterocycles. The summed E-state index contributed by atoms with van der Waals surface area (Å²) in [6.45, 7) is 18.0. The van der Waals surface area contributed by atoms with E-state index < -0.39 is 54.0 Å². The number of nitrogens with zero attached hydrogens (tertiary/aromatic N) is 3. The second-order valence-electron chi connectivity index (χ2n) is 21.4. The molecule has 420 valence electrons. The van der Waals surface area contributed by atoms with E-state index in [1.165, 1.54) is 30.8 Å². The molecule has 76 heavy (non-hydrogen) atoms. The lowest BCUT2D eigenvalue weighted by atomic mass is 9.93. The van der Waals surface area contributed by atoms with Crippen molar-refractivity contribution in [2.75, 3.05) is 32.1 Å². The number of carboxylic acids is 1. The lowest BCUT2D eigenvalue weighted by molar-refractivity contribution is -0.149. The maximum absolute atomic E-state index is 14.4. The van der Waals surface area contributed by atoms with E-state index in [9.17, 15) is 38.7 Å². The predicted octanol–water partition coefficient (Wildman–Crippen LogP) is 8.15. The highest BCUT2D eigenvalue weighted by atomic mass is 32.1. The maximum Gasteiger partial charge on any atom is 0.306 e. The Morgan fingerprint density at radius 3 is 2.13 bits per heavy atom. The summed E-state index contributed by atoms with van der Waals surface area (Å²) >= 11 is 1.17. The van der Waals surface area contributed by atoms with Crippen LogP contribution in [-0.4, -0.2) is 124 Å². The molecule has 0 radical (unpaired) electrons. The Labute approximate surface area is 457 Å². The third-order valence-corrected chi connectivity index (χ3v) is 16.7. The van der Waals surface area contributed by atoms with E-state index in [4.69, 9.17) is 4.74 Å². The zero-order valence-electron chi connectivity index (χ0n) is 46.8. The van der Waals surface area contributed by atoms with Gasteiger partial charge in [-0.05, 0) is 106 Å². The number of hydrogen-bond acceptors (Lipinski definition) is 12. The molecule has 0 saturated carbocycles. The summed E-state index contributed by atoms with van der Waals surface area (Å²) in [7, 11) is 4.56. The molecule has 6 N–H and O–H groups in total. The van der Waals surface area contributed by atoms with Crippen LogP contribution in [0.3, 0.4) is 0 Å². The number of esters is 1. The van der Waals surface area contributed by atoms with Crippen molar-refractivity contribution in [1.82, 2.24) is 36.1 Å². The highest BCUT2D eigenvalue weighted by molar-refractivity contribution is 7.39. The first-order valence-electron chi connectivity index (χ1n) is 27.2. The number of benzene rings is 2. The minimum Gasteiger partial charge on any atom is -0.481 e. The Morgan fingerprint density at radius 2 is 1.53 bits per heavy atom. The number of unbranched alkanes of at least 4 members (excludes halogenated alkanes) is 2. The number of thiazole rings is 1. The third-order valence-electron chi connectivity index (χ3n) is 14.2. The fourth-order valence-corrected chi connectivity index (χ4v) is 11.7. The maximum atomic E-state index is 14.4. The van der Waals surface area contributed by atoms with Gasteiger partial charge in [0.15, 0.2) is 6.10 Å². The summed E-state index contributed by atoms with van der Waals surface area (Å²) in [5, 5.41) is 26.9. The molecular formula is C57H87N8O9PS. The van der Waals surface area contributed by atoms with Crippen molar-refractivity contribution in [2.45, 2.75) is 175 Å². The van der Waals surface area contributed by atoms with Gasteiger partial charge in [-0.1, -0.05) is 104 Å². The van der Waals surface area contributed by atoms with E-state index in [2.05, 4.69) is 36.5 Å². The molecular weight excluding hydrogens is 1000 g/mol. The molecule has 0 aliphatic carbocycles. The van der Waals surface area contributed by atoms with Gasteiger partial charge in [-0.15, -0.1) is 19.9 Å². The summed E-state index contributed by atoms with van der Waals surface area (Å²) in [6.07, 6.45) is 6.69. The predicted molar refractivity (Wildman–Crippen MR) is 302 cm³/mol. The zero-order chi connectivity index (χ0) is 56.1. The number of carboxylic acid groups (broad SMARTS) is 1. The molecule has 4 rings (SSSR count). The molecule has 1 aliphatic heterocycles. The van der Waals surface area contributed by atoms with Gasteiger partial charge in [0.25, 0.3) is 5.91 Å². The molecule has 1 aliphatic rings. The van der Waals surface area contributed by atoms with E-state index in [0.29, 0.717) is 42.3 Å². The zero-order valence-corrected chi connectivity index (χ0v) is 48.6. The summed E-state index contributed by atoms with van der Waals surface area (Å²) in [5.41, 5.74) is 2.79. The molecule has 1 fully saturated rings. The molecule has 17 nitrogen and oxygen atoms in total. The molecule has 1 aromatic heterocycles. The third kappa shape index (κ3) is 20.9. The number of rotatable bonds is 32. The van der Waals surface area contributed by atoms with Crippen molar-refractivity contribution in [3.63, 3.8) is 0 Å². The average Bonchev–Trinajstić information content (AvgIpc) is 4.09. The van der Waals surface area contributed by atoms with Crippen LogP contribution >= 0.6 is 19.9 Å². The number of ether oxygens (including phenoxy) is 1. The Bertz CT molecular complexity index is 2330. The van der Waals surface area contributed by atoms with Crippen LogP contribution in [0.5, 0.6) is 0 Å². The van der Waals surface area contributed by atoms with Gasteiger partial charge in [-0.3, -0.25) is 38.9 Å². The summed E-state index contributed by atoms with van der Waals surface area (Å²) in [6, 6.07) is 14.5. The number of carbonyl (C=O) groups is 7. The first kappa shape index (κ1) is 63.2. The van der Waals surface area contributed by atoms with Crippen molar-refractivity contribution >= 4 is 67.1 Å². The van der Waals surface area contributed by atoms with Crippen LogP contribution < -0.4 is 26.6 Å². The number of carbonyl (C=O) groups excluding carboxylic acids is 6. The van der Waals surface area contributed by atoms with Gasteiger partial charge < -0.3 is 40.9 Å². The van der Waals surface area contributed by atoms with Crippen LogP contribution in [-0.2, 0) is 46.5 Å². The van der Waals surface area contributed by atoms with Gasteiger partial charge in [0.05, 0.1) is 12.0 Å². The molecule has 3 aromatic rings. The minimum absolute atomic E-state index is 0.0921. The first-order valence-corrected chi connectivity index (χ1v) is 29.4. The van der Waals surface area contributed by atoms with Crippen molar-refractivity contribution in [3.05, 3.63) is 81.8 Å². The minimum atomic E-state index is -0.958. The molecule has 19 heteroatoms. The normalized spacial score (nSPS) is 17.0. The Morgan fingerprint density at radius 1 is 0.829 bits per heavy atom. The second kappa shape index (κ2) is 31.8. The Balaban J connectivity index is 1.26. The van der Waals surface area contributed by atoms with Gasteiger partial charge in [-0.2, -0.15) is 0 Å². The molecule has 0 spiro atoms. The van der Waals surface area contributed by atoms with Gasteiger partial charge in [-0.25, -0.2) is 4.98 Å². The van der Waals surface area contributed by atoms with Crippen molar-refractivity contribution in [2.24, 2.45) is 23.7 Å². The number of aliphatic carboxylic acids is 1. The van der Waals surface area contributed by atoms with Crippen LogP contribution in [0.1, 0.15) is 153 Å². The van der Waals surface area contributed by atoms with Gasteiger partial charge in [0.1, 0.15) is 22.8 Å². The molecule has 2 unspecified atom stereocenters. The largest absolute Gasteiger partial charge is 0.481 e. The quantitative estimate of drug-likeness (QED) is 0.0198. The van der Waals surface area contributed by atoms with Crippen molar-refractivity contribution in [1.29, 1.82) is 0 Å². The number of aromatic nitrogens is 1. The number of hydrogen-bond donors (Lipinski definition) is 6. The van der Waals surface area contributed by atoms with E-state index in [0.717, 1.165) is 45.5 Å². The van der Waals surface area contributed by atoms with E-state index in [1.54, 1.807) is 31.2 Å². The fourth-order valence-electron chi connectivity index (χ4n) is 9.39. The van der Waals surface area contributed by atoms with E-state index in [1.807, 2.05) is 103 Å². The summed E-state index contributed by atoms with van der Waals surface area (Å²) < 4.78 is 5.81. The SMILES string of the molecule is CC[C@H](C)[C@H](NC(=O)CCCCCN(C)Cc1ccc(NC(=O)[C@H](C)NC(=O)[C@@H](NC2CCCP2)C(C)C)cc1)C(=O)N(C)[C@H](C[C@@H](OC(C)=O)c1nc(C(=O)N[C@@H](Cc2ccccc2)C[C@H](C)C(=O)O)cs1)C(C)C.